The highest BCUT2D eigenvalue weighted by Crippen LogP contribution is 2.07. The second-order valence-corrected chi connectivity index (χ2v) is 2.17. The van der Waals surface area contributed by atoms with Gasteiger partial charge in [0.2, 0.25) is 0 Å². The Hall–Kier alpha value is -0.150. The van der Waals surface area contributed by atoms with Gasteiger partial charge in [-0.15, -0.1) is 0 Å². The highest BCUT2D eigenvalue weighted by molar-refractivity contribution is 4.65. The van der Waals surface area contributed by atoms with Crippen molar-refractivity contribution in [3.05, 3.63) is 0 Å². The Morgan fingerprint density at radius 3 is 3.00 bits per heavy atom. The molecule has 0 aliphatic carbocycles. The summed E-state index contributed by atoms with van der Waals surface area (Å²) in [5.74, 6) is 0. The van der Waals surface area contributed by atoms with Crippen molar-refractivity contribution in [3.8, 4) is 0 Å². The smallest absolute Gasteiger partial charge is 0.149 e. The summed E-state index contributed by atoms with van der Waals surface area (Å²) in [5, 5.41) is 0. The third-order valence-corrected chi connectivity index (χ3v) is 1.39. The average Bonchev–Trinajstić information content (AvgIpc) is 1.99. The lowest BCUT2D eigenvalue weighted by Gasteiger charge is -2.10. The summed E-state index contributed by atoms with van der Waals surface area (Å²) in [6.45, 7) is 2.94. The molecule has 1 rings (SSSR count). The Morgan fingerprint density at radius 1 is 1.44 bits per heavy atom. The Bertz CT molecular complexity index is 77.1. The SMILES string of the molecule is CC1OCCOCC1F. The molecule has 1 aliphatic heterocycles. The Labute approximate surface area is 54.0 Å². The molecule has 3 heteroatoms. The largest absolute Gasteiger partial charge is 0.376 e. The maximum absolute atomic E-state index is 12.6. The highest BCUT2D eigenvalue weighted by atomic mass is 19.1. The van der Waals surface area contributed by atoms with Crippen LogP contribution in [0, 0.1) is 0 Å². The third-order valence-electron chi connectivity index (χ3n) is 1.39. The molecule has 0 saturated carbocycles. The van der Waals surface area contributed by atoms with Crippen molar-refractivity contribution >= 4 is 0 Å². The van der Waals surface area contributed by atoms with Gasteiger partial charge in [-0.2, -0.15) is 0 Å². The van der Waals surface area contributed by atoms with Gasteiger partial charge in [0.1, 0.15) is 6.17 Å². The standard InChI is InChI=1S/C6H11FO2/c1-5-6(7)4-8-2-3-9-5/h5-6H,2-4H2,1H3. The van der Waals surface area contributed by atoms with Gasteiger partial charge >= 0.3 is 0 Å². The number of ether oxygens (including phenoxy) is 2. The van der Waals surface area contributed by atoms with Crippen LogP contribution >= 0.6 is 0 Å². The molecule has 0 aromatic heterocycles. The van der Waals surface area contributed by atoms with Crippen LogP contribution in [0.15, 0.2) is 0 Å². The molecule has 0 aromatic rings. The fraction of sp³-hybridized carbons (Fsp3) is 1.00. The van der Waals surface area contributed by atoms with Crippen molar-refractivity contribution < 1.29 is 13.9 Å². The lowest BCUT2D eigenvalue weighted by atomic mass is 10.3. The molecule has 0 N–H and O–H groups in total. The lowest BCUT2D eigenvalue weighted by molar-refractivity contribution is 0.0304. The van der Waals surface area contributed by atoms with Gasteiger partial charge in [-0.3, -0.25) is 0 Å². The van der Waals surface area contributed by atoms with Crippen LogP contribution in [0.4, 0.5) is 4.39 Å². The van der Waals surface area contributed by atoms with Gasteiger partial charge in [-0.05, 0) is 6.92 Å². The number of rotatable bonds is 0. The predicted molar refractivity (Wildman–Crippen MR) is 31.1 cm³/mol. The predicted octanol–water partition coefficient (Wildman–Crippen LogP) is 0.760. The summed E-state index contributed by atoms with van der Waals surface area (Å²) in [4.78, 5) is 0. The molecule has 1 heterocycles. The minimum atomic E-state index is -0.951. The van der Waals surface area contributed by atoms with E-state index in [9.17, 15) is 4.39 Å². The molecule has 2 atom stereocenters. The minimum absolute atomic E-state index is 0.182. The van der Waals surface area contributed by atoms with Crippen molar-refractivity contribution in [1.29, 1.82) is 0 Å². The van der Waals surface area contributed by atoms with E-state index < -0.39 is 6.17 Å². The Morgan fingerprint density at radius 2 is 2.22 bits per heavy atom. The van der Waals surface area contributed by atoms with Crippen LogP contribution < -0.4 is 0 Å². The quantitative estimate of drug-likeness (QED) is 0.487. The second kappa shape index (κ2) is 3.13. The van der Waals surface area contributed by atoms with Crippen molar-refractivity contribution in [2.75, 3.05) is 19.8 Å². The van der Waals surface area contributed by atoms with Crippen LogP contribution in [0.3, 0.4) is 0 Å². The van der Waals surface area contributed by atoms with E-state index in [0.29, 0.717) is 13.2 Å². The van der Waals surface area contributed by atoms with Crippen molar-refractivity contribution in [2.24, 2.45) is 0 Å². The molecule has 0 radical (unpaired) electrons. The van der Waals surface area contributed by atoms with Crippen LogP contribution in [0.25, 0.3) is 0 Å². The third kappa shape index (κ3) is 1.91. The van der Waals surface area contributed by atoms with Crippen molar-refractivity contribution in [3.63, 3.8) is 0 Å². The molecule has 1 saturated heterocycles. The Balaban J connectivity index is 2.32. The fourth-order valence-electron chi connectivity index (χ4n) is 0.729. The first kappa shape index (κ1) is 6.96. The summed E-state index contributed by atoms with van der Waals surface area (Å²) >= 11 is 0. The molecule has 0 bridgehead atoms. The molecular formula is C6H11FO2. The zero-order chi connectivity index (χ0) is 6.69. The fourth-order valence-corrected chi connectivity index (χ4v) is 0.729. The van der Waals surface area contributed by atoms with Crippen LogP contribution in [-0.2, 0) is 9.47 Å². The number of alkyl halides is 1. The van der Waals surface area contributed by atoms with Crippen LogP contribution in [0.1, 0.15) is 6.92 Å². The van der Waals surface area contributed by atoms with Crippen molar-refractivity contribution in [1.82, 2.24) is 0 Å². The molecule has 0 amide bonds. The number of hydrogen-bond acceptors (Lipinski definition) is 2. The molecule has 2 unspecified atom stereocenters. The van der Waals surface area contributed by atoms with Gasteiger partial charge in [-0.1, -0.05) is 0 Å². The molecule has 0 spiro atoms. The summed E-state index contributed by atoms with van der Waals surface area (Å²) in [6, 6.07) is 0. The highest BCUT2D eigenvalue weighted by Gasteiger charge is 2.19. The van der Waals surface area contributed by atoms with Crippen LogP contribution in [0.5, 0.6) is 0 Å². The van der Waals surface area contributed by atoms with E-state index >= 15 is 0 Å². The molecule has 1 aliphatic rings. The molecule has 2 nitrogen and oxygen atoms in total. The summed E-state index contributed by atoms with van der Waals surface area (Å²) in [5.41, 5.74) is 0. The molecule has 0 aromatic carbocycles. The van der Waals surface area contributed by atoms with E-state index in [2.05, 4.69) is 0 Å². The first-order valence-corrected chi connectivity index (χ1v) is 3.14. The molecule has 54 valence electrons. The van der Waals surface area contributed by atoms with E-state index in [0.717, 1.165) is 0 Å². The van der Waals surface area contributed by atoms with Gasteiger partial charge in [0, 0.05) is 0 Å². The Kier molecular flexibility index (Phi) is 2.42. The minimum Gasteiger partial charge on any atom is -0.376 e. The number of hydrogen-bond donors (Lipinski definition) is 0. The maximum atomic E-state index is 12.6. The first-order chi connectivity index (χ1) is 4.30. The zero-order valence-electron chi connectivity index (χ0n) is 5.47. The summed E-state index contributed by atoms with van der Waals surface area (Å²) < 4.78 is 22.5. The van der Waals surface area contributed by atoms with Crippen LogP contribution in [-0.4, -0.2) is 32.1 Å². The molecular weight excluding hydrogens is 123 g/mol. The normalized spacial score (nSPS) is 38.0. The number of halogens is 1. The van der Waals surface area contributed by atoms with Gasteiger partial charge in [0.25, 0.3) is 0 Å². The van der Waals surface area contributed by atoms with E-state index in [1.807, 2.05) is 0 Å². The lowest BCUT2D eigenvalue weighted by Crippen LogP contribution is -2.23. The van der Waals surface area contributed by atoms with E-state index in [1.165, 1.54) is 0 Å². The van der Waals surface area contributed by atoms with Gasteiger partial charge in [-0.25, -0.2) is 4.39 Å². The topological polar surface area (TPSA) is 18.5 Å². The second-order valence-electron chi connectivity index (χ2n) is 2.17. The first-order valence-electron chi connectivity index (χ1n) is 3.14. The summed E-state index contributed by atoms with van der Waals surface area (Å²) in [7, 11) is 0. The van der Waals surface area contributed by atoms with E-state index in [1.54, 1.807) is 6.92 Å². The van der Waals surface area contributed by atoms with Crippen molar-refractivity contribution in [2.45, 2.75) is 19.2 Å². The summed E-state index contributed by atoms with van der Waals surface area (Å²) in [6.07, 6.45) is -1.25. The average molecular weight is 134 g/mol. The van der Waals surface area contributed by atoms with E-state index in [-0.39, 0.29) is 12.7 Å². The molecule has 1 fully saturated rings. The van der Waals surface area contributed by atoms with E-state index in [4.69, 9.17) is 9.47 Å². The van der Waals surface area contributed by atoms with Crippen LogP contribution in [0.2, 0.25) is 0 Å². The van der Waals surface area contributed by atoms with Gasteiger partial charge in [0.05, 0.1) is 25.9 Å². The molecule has 9 heavy (non-hydrogen) atoms. The maximum Gasteiger partial charge on any atom is 0.149 e. The monoisotopic (exact) mass is 134 g/mol. The van der Waals surface area contributed by atoms with Gasteiger partial charge < -0.3 is 9.47 Å². The zero-order valence-corrected chi connectivity index (χ0v) is 5.47. The van der Waals surface area contributed by atoms with Gasteiger partial charge in [0.15, 0.2) is 0 Å².